The van der Waals surface area contributed by atoms with Crippen LogP contribution < -0.4 is 4.90 Å². The van der Waals surface area contributed by atoms with Crippen LogP contribution in [0.15, 0.2) is 58.3 Å². The molecule has 0 aromatic heterocycles. The maximum atomic E-state index is 12.8. The minimum atomic E-state index is -4.57. The molecule has 0 radical (unpaired) electrons. The number of amides is 2. The number of imide groups is 1. The van der Waals surface area contributed by atoms with E-state index in [0.717, 1.165) is 16.7 Å². The second-order valence-corrected chi connectivity index (χ2v) is 8.05. The Morgan fingerprint density at radius 2 is 1.64 bits per heavy atom. The number of carboxylic acid groups (broad SMARTS) is 1. The minimum absolute atomic E-state index is 0.0146. The van der Waals surface area contributed by atoms with E-state index in [0.29, 0.717) is 4.90 Å². The highest BCUT2D eigenvalue weighted by Crippen LogP contribution is 2.43. The molecule has 2 aromatic rings. The van der Waals surface area contributed by atoms with Crippen molar-refractivity contribution in [1.82, 2.24) is 0 Å². The van der Waals surface area contributed by atoms with E-state index in [4.69, 9.17) is 0 Å². The fourth-order valence-corrected chi connectivity index (χ4v) is 4.54. The molecule has 1 saturated heterocycles. The second-order valence-electron chi connectivity index (χ2n) is 5.69. The lowest BCUT2D eigenvalue weighted by Gasteiger charge is -2.19. The monoisotopic (exact) mass is 427 g/mol. The summed E-state index contributed by atoms with van der Waals surface area (Å²) in [4.78, 5) is 37.3. The summed E-state index contributed by atoms with van der Waals surface area (Å²) in [6.45, 7) is 0. The Bertz CT molecular complexity index is 948. The van der Waals surface area contributed by atoms with Crippen molar-refractivity contribution >= 4 is 47.0 Å². The third kappa shape index (κ3) is 4.33. The van der Waals surface area contributed by atoms with Crippen molar-refractivity contribution in [3.63, 3.8) is 0 Å². The number of benzene rings is 2. The maximum Gasteiger partial charge on any atom is 0.446 e. The van der Waals surface area contributed by atoms with Gasteiger partial charge >= 0.3 is 11.5 Å². The highest BCUT2D eigenvalue weighted by Gasteiger charge is 2.42. The lowest BCUT2D eigenvalue weighted by Crippen LogP contribution is -2.31. The molecule has 0 aliphatic carbocycles. The van der Waals surface area contributed by atoms with Crippen LogP contribution >= 0.6 is 23.5 Å². The quantitative estimate of drug-likeness (QED) is 0.563. The zero-order valence-corrected chi connectivity index (χ0v) is 15.6. The molecule has 10 heteroatoms. The molecule has 2 aromatic carbocycles. The zero-order chi connectivity index (χ0) is 20.5. The van der Waals surface area contributed by atoms with Crippen molar-refractivity contribution in [3.8, 4) is 0 Å². The average molecular weight is 427 g/mol. The first-order valence-corrected chi connectivity index (χ1v) is 9.57. The van der Waals surface area contributed by atoms with Crippen molar-refractivity contribution in [2.45, 2.75) is 27.0 Å². The Hall–Kier alpha value is -2.46. The van der Waals surface area contributed by atoms with Gasteiger partial charge in [0.05, 0.1) is 16.5 Å². The summed E-state index contributed by atoms with van der Waals surface area (Å²) in [7, 11) is 0. The Balaban J connectivity index is 1.89. The highest BCUT2D eigenvalue weighted by atomic mass is 32.2. The van der Waals surface area contributed by atoms with E-state index in [2.05, 4.69) is 0 Å². The molecule has 3 rings (SSSR count). The summed E-state index contributed by atoms with van der Waals surface area (Å²) in [6.07, 6.45) is -0.234. The van der Waals surface area contributed by atoms with Crippen molar-refractivity contribution in [1.29, 1.82) is 0 Å². The number of thioether (sulfide) groups is 2. The molecule has 0 saturated carbocycles. The van der Waals surface area contributed by atoms with E-state index < -0.39 is 40.3 Å². The van der Waals surface area contributed by atoms with Crippen LogP contribution in [0.5, 0.6) is 0 Å². The smallest absolute Gasteiger partial charge is 0.446 e. The van der Waals surface area contributed by atoms with Crippen LogP contribution in [0.4, 0.5) is 18.9 Å². The number of nitrogens with zero attached hydrogens (tertiary/aromatic N) is 1. The van der Waals surface area contributed by atoms with Gasteiger partial charge in [-0.3, -0.25) is 9.59 Å². The van der Waals surface area contributed by atoms with E-state index >= 15 is 0 Å². The molecule has 0 unspecified atom stereocenters. The molecule has 1 aliphatic heterocycles. The van der Waals surface area contributed by atoms with Gasteiger partial charge in [0.15, 0.2) is 0 Å². The van der Waals surface area contributed by atoms with Crippen molar-refractivity contribution in [2.24, 2.45) is 0 Å². The molecule has 0 bridgehead atoms. The summed E-state index contributed by atoms with van der Waals surface area (Å²) in [5, 5.41) is 8.33. The van der Waals surface area contributed by atoms with E-state index in [1.807, 2.05) is 0 Å². The predicted molar refractivity (Wildman–Crippen MR) is 98.5 cm³/mol. The van der Waals surface area contributed by atoms with Gasteiger partial charge in [0.2, 0.25) is 11.8 Å². The molecular weight excluding hydrogens is 415 g/mol. The van der Waals surface area contributed by atoms with Crippen LogP contribution in [-0.4, -0.2) is 33.6 Å². The molecule has 1 heterocycles. The molecule has 1 atom stereocenters. The number of aromatic carboxylic acids is 1. The number of hydrogen-bond donors (Lipinski definition) is 1. The average Bonchev–Trinajstić information content (AvgIpc) is 2.88. The summed E-state index contributed by atoms with van der Waals surface area (Å²) < 4.78 is 38.4. The van der Waals surface area contributed by atoms with Gasteiger partial charge in [-0.05, 0) is 36.0 Å². The Kier molecular flexibility index (Phi) is 5.71. The first-order chi connectivity index (χ1) is 13.2. The normalized spacial score (nSPS) is 17.2. The molecular formula is C18H12F3NO4S2. The number of carbonyl (C=O) groups excluding carboxylic acids is 2. The highest BCUT2D eigenvalue weighted by molar-refractivity contribution is 8.01. The lowest BCUT2D eigenvalue weighted by atomic mass is 10.2. The molecule has 1 fully saturated rings. The van der Waals surface area contributed by atoms with Crippen LogP contribution in [-0.2, 0) is 9.59 Å². The van der Waals surface area contributed by atoms with Gasteiger partial charge < -0.3 is 5.11 Å². The van der Waals surface area contributed by atoms with Crippen molar-refractivity contribution < 1.29 is 32.7 Å². The molecule has 1 N–H and O–H groups in total. The van der Waals surface area contributed by atoms with E-state index in [1.54, 1.807) is 6.07 Å². The summed E-state index contributed by atoms with van der Waals surface area (Å²) >= 11 is 0.513. The predicted octanol–water partition coefficient (Wildman–Crippen LogP) is 4.42. The van der Waals surface area contributed by atoms with Crippen LogP contribution in [0, 0.1) is 0 Å². The van der Waals surface area contributed by atoms with Crippen LogP contribution in [0.25, 0.3) is 0 Å². The van der Waals surface area contributed by atoms with E-state index in [-0.39, 0.29) is 22.6 Å². The Labute approximate surface area is 165 Å². The number of rotatable bonds is 5. The van der Waals surface area contributed by atoms with Crippen LogP contribution in [0.2, 0.25) is 0 Å². The molecule has 0 spiro atoms. The molecule has 28 heavy (non-hydrogen) atoms. The first kappa shape index (κ1) is 20.3. The molecule has 5 nitrogen and oxygen atoms in total. The third-order valence-electron chi connectivity index (χ3n) is 3.82. The number of anilines is 1. The van der Waals surface area contributed by atoms with Gasteiger partial charge in [-0.15, -0.1) is 11.8 Å². The zero-order valence-electron chi connectivity index (χ0n) is 14.0. The first-order valence-electron chi connectivity index (χ1n) is 7.88. The van der Waals surface area contributed by atoms with Gasteiger partial charge in [-0.1, -0.05) is 24.3 Å². The fraction of sp³-hybridized carbons (Fsp3) is 0.167. The van der Waals surface area contributed by atoms with Crippen molar-refractivity contribution in [2.75, 3.05) is 4.90 Å². The van der Waals surface area contributed by atoms with Crippen LogP contribution in [0.1, 0.15) is 16.8 Å². The minimum Gasteiger partial charge on any atom is -0.478 e. The number of carboxylic acids is 1. The van der Waals surface area contributed by atoms with Gasteiger partial charge in [-0.2, -0.15) is 13.2 Å². The van der Waals surface area contributed by atoms with Gasteiger partial charge in [-0.25, -0.2) is 9.69 Å². The number of hydrogen-bond acceptors (Lipinski definition) is 5. The number of carbonyl (C=O) groups is 3. The third-order valence-corrected chi connectivity index (χ3v) is 5.88. The molecule has 1 aliphatic rings. The van der Waals surface area contributed by atoms with Gasteiger partial charge in [0.25, 0.3) is 0 Å². The lowest BCUT2D eigenvalue weighted by molar-refractivity contribution is -0.121. The molecule has 146 valence electrons. The van der Waals surface area contributed by atoms with E-state index in [1.165, 1.54) is 42.5 Å². The van der Waals surface area contributed by atoms with Gasteiger partial charge in [0.1, 0.15) is 0 Å². The topological polar surface area (TPSA) is 74.7 Å². The standard InChI is InChI=1S/C18H12F3NO4S2/c19-18(20,21)28-13-8-4-2-6-11(13)22-15(23)9-14(16(22)24)27-12-7-3-1-5-10(12)17(25)26/h1-8,14H,9H2,(H,25,26)/t14-/m0/s1. The number of halogens is 3. The van der Waals surface area contributed by atoms with E-state index in [9.17, 15) is 32.7 Å². The molecule has 2 amide bonds. The van der Waals surface area contributed by atoms with Crippen LogP contribution in [0.3, 0.4) is 0 Å². The second kappa shape index (κ2) is 7.88. The number of para-hydroxylation sites is 1. The maximum absolute atomic E-state index is 12.8. The largest absolute Gasteiger partial charge is 0.478 e. The number of alkyl halides is 3. The summed E-state index contributed by atoms with van der Waals surface area (Å²) in [6, 6.07) is 11.3. The SMILES string of the molecule is O=C(O)c1ccccc1S[C@H]1CC(=O)N(c2ccccc2SC(F)(F)F)C1=O. The van der Waals surface area contributed by atoms with Crippen molar-refractivity contribution in [3.05, 3.63) is 54.1 Å². The Morgan fingerprint density at radius 3 is 2.29 bits per heavy atom. The van der Waals surface area contributed by atoms with Gasteiger partial charge in [0, 0.05) is 16.2 Å². The summed E-state index contributed by atoms with van der Waals surface area (Å²) in [5.74, 6) is -2.49. The Morgan fingerprint density at radius 1 is 1.04 bits per heavy atom. The fourth-order valence-electron chi connectivity index (χ4n) is 2.70. The summed E-state index contributed by atoms with van der Waals surface area (Å²) in [5.41, 5.74) is -4.72.